The predicted octanol–water partition coefficient (Wildman–Crippen LogP) is 3.02. The molecule has 2 heterocycles. The Kier molecular flexibility index (Phi) is 6.01. The molecule has 1 aliphatic heterocycles. The fourth-order valence-corrected chi connectivity index (χ4v) is 3.51. The molecular formula is C14H20BrNO3S. The smallest absolute Gasteiger partial charge is 0.348 e. The summed E-state index contributed by atoms with van der Waals surface area (Å²) in [5.74, 6) is 0.366. The monoisotopic (exact) mass is 361 g/mol. The van der Waals surface area contributed by atoms with Crippen LogP contribution in [0.5, 0.6) is 0 Å². The molecule has 0 spiro atoms. The second kappa shape index (κ2) is 7.54. The zero-order valence-electron chi connectivity index (χ0n) is 11.8. The van der Waals surface area contributed by atoms with Crippen LogP contribution in [0.4, 0.5) is 0 Å². The van der Waals surface area contributed by atoms with Crippen LogP contribution in [0.3, 0.4) is 0 Å². The van der Waals surface area contributed by atoms with Crippen molar-refractivity contribution in [2.45, 2.75) is 20.0 Å². The van der Waals surface area contributed by atoms with Crippen LogP contribution in [0.25, 0.3) is 0 Å². The van der Waals surface area contributed by atoms with E-state index in [1.807, 2.05) is 6.07 Å². The molecule has 1 fully saturated rings. The molecule has 0 amide bonds. The van der Waals surface area contributed by atoms with Gasteiger partial charge < -0.3 is 9.47 Å². The molecule has 0 bridgehead atoms. The van der Waals surface area contributed by atoms with Gasteiger partial charge in [-0.3, -0.25) is 4.90 Å². The Morgan fingerprint density at radius 2 is 2.40 bits per heavy atom. The normalized spacial score (nSPS) is 20.3. The Hall–Kier alpha value is -0.430. The molecule has 1 atom stereocenters. The number of hydrogen-bond acceptors (Lipinski definition) is 5. The summed E-state index contributed by atoms with van der Waals surface area (Å²) in [4.78, 5) is 14.8. The van der Waals surface area contributed by atoms with E-state index in [0.717, 1.165) is 23.4 Å². The first-order valence-corrected chi connectivity index (χ1v) is 8.42. The molecule has 112 valence electrons. The Bertz CT molecular complexity index is 449. The zero-order chi connectivity index (χ0) is 14.5. The number of thiophene rings is 1. The van der Waals surface area contributed by atoms with E-state index < -0.39 is 0 Å². The third-order valence-corrected chi connectivity index (χ3v) is 4.62. The summed E-state index contributed by atoms with van der Waals surface area (Å²) in [6.45, 7) is 8.30. The van der Waals surface area contributed by atoms with E-state index in [-0.39, 0.29) is 12.1 Å². The van der Waals surface area contributed by atoms with E-state index in [9.17, 15) is 4.79 Å². The molecule has 20 heavy (non-hydrogen) atoms. The van der Waals surface area contributed by atoms with Crippen molar-refractivity contribution in [1.29, 1.82) is 0 Å². The molecule has 0 aliphatic carbocycles. The topological polar surface area (TPSA) is 38.8 Å². The summed E-state index contributed by atoms with van der Waals surface area (Å²) in [5, 5.41) is 0. The lowest BCUT2D eigenvalue weighted by Gasteiger charge is -2.33. The van der Waals surface area contributed by atoms with Crippen molar-refractivity contribution in [3.05, 3.63) is 20.8 Å². The average molecular weight is 362 g/mol. The average Bonchev–Trinajstić information content (AvgIpc) is 2.82. The summed E-state index contributed by atoms with van der Waals surface area (Å²) >= 11 is 4.72. The highest BCUT2D eigenvalue weighted by molar-refractivity contribution is 9.11. The molecular weight excluding hydrogens is 342 g/mol. The van der Waals surface area contributed by atoms with Crippen LogP contribution in [0.1, 0.15) is 23.5 Å². The molecule has 1 aromatic rings. The minimum Gasteiger partial charge on any atom is -0.459 e. The van der Waals surface area contributed by atoms with Crippen LogP contribution in [0.2, 0.25) is 0 Å². The highest BCUT2D eigenvalue weighted by Crippen LogP contribution is 2.22. The number of hydrogen-bond donors (Lipinski definition) is 0. The first kappa shape index (κ1) is 15.9. The molecule has 0 N–H and O–H groups in total. The van der Waals surface area contributed by atoms with Gasteiger partial charge in [0.2, 0.25) is 0 Å². The Morgan fingerprint density at radius 3 is 3.05 bits per heavy atom. The lowest BCUT2D eigenvalue weighted by atomic mass is 10.2. The number of nitrogens with zero attached hydrogens (tertiary/aromatic N) is 1. The minimum atomic E-state index is -0.273. The van der Waals surface area contributed by atoms with Gasteiger partial charge in [-0.1, -0.05) is 13.8 Å². The summed E-state index contributed by atoms with van der Waals surface area (Å²) in [5.41, 5.74) is 0. The highest BCUT2D eigenvalue weighted by atomic mass is 79.9. The highest BCUT2D eigenvalue weighted by Gasteiger charge is 2.22. The standard InChI is InChI=1S/C14H20BrNO3S/c1-10(2)7-16-5-6-18-11(8-16)9-19-14(17)12-3-4-13(15)20-12/h3-4,10-11H,5-9H2,1-2H3. The predicted molar refractivity (Wildman–Crippen MR) is 83.3 cm³/mol. The van der Waals surface area contributed by atoms with Gasteiger partial charge in [-0.05, 0) is 34.0 Å². The van der Waals surface area contributed by atoms with Crippen molar-refractivity contribution in [3.8, 4) is 0 Å². The van der Waals surface area contributed by atoms with Gasteiger partial charge in [0.25, 0.3) is 0 Å². The summed E-state index contributed by atoms with van der Waals surface area (Å²) < 4.78 is 11.9. The van der Waals surface area contributed by atoms with E-state index in [1.54, 1.807) is 6.07 Å². The quantitative estimate of drug-likeness (QED) is 0.755. The molecule has 1 aliphatic rings. The molecule has 0 radical (unpaired) electrons. The third kappa shape index (κ3) is 4.84. The maximum atomic E-state index is 11.9. The number of rotatable bonds is 5. The molecule has 6 heteroatoms. The number of ether oxygens (including phenoxy) is 2. The Morgan fingerprint density at radius 1 is 1.60 bits per heavy atom. The number of carbonyl (C=O) groups excluding carboxylic acids is 1. The number of halogens is 1. The fraction of sp³-hybridized carbons (Fsp3) is 0.643. The van der Waals surface area contributed by atoms with Crippen LogP contribution < -0.4 is 0 Å². The first-order valence-electron chi connectivity index (χ1n) is 6.81. The van der Waals surface area contributed by atoms with Crippen molar-refractivity contribution < 1.29 is 14.3 Å². The minimum absolute atomic E-state index is 0.0187. The zero-order valence-corrected chi connectivity index (χ0v) is 14.2. The molecule has 0 aromatic carbocycles. The fourth-order valence-electron chi connectivity index (χ4n) is 2.23. The van der Waals surface area contributed by atoms with Gasteiger partial charge in [0, 0.05) is 19.6 Å². The molecule has 0 saturated carbocycles. The van der Waals surface area contributed by atoms with Gasteiger partial charge in [-0.15, -0.1) is 11.3 Å². The van der Waals surface area contributed by atoms with Crippen molar-refractivity contribution in [2.75, 3.05) is 32.8 Å². The third-order valence-electron chi connectivity index (χ3n) is 3.02. The second-order valence-electron chi connectivity index (χ2n) is 5.35. The van der Waals surface area contributed by atoms with Gasteiger partial charge in [0.05, 0.1) is 10.4 Å². The van der Waals surface area contributed by atoms with Crippen molar-refractivity contribution in [2.24, 2.45) is 5.92 Å². The van der Waals surface area contributed by atoms with Crippen molar-refractivity contribution in [3.63, 3.8) is 0 Å². The molecule has 1 unspecified atom stereocenters. The van der Waals surface area contributed by atoms with Crippen LogP contribution in [-0.4, -0.2) is 49.8 Å². The Balaban J connectivity index is 1.77. The first-order chi connectivity index (χ1) is 9.54. The van der Waals surface area contributed by atoms with Crippen LogP contribution in [0, 0.1) is 5.92 Å². The lowest BCUT2D eigenvalue weighted by molar-refractivity contribution is -0.0611. The molecule has 4 nitrogen and oxygen atoms in total. The van der Waals surface area contributed by atoms with Crippen molar-refractivity contribution >= 4 is 33.2 Å². The van der Waals surface area contributed by atoms with Gasteiger partial charge in [0.1, 0.15) is 17.6 Å². The summed E-state index contributed by atoms with van der Waals surface area (Å²) in [6, 6.07) is 3.62. The van der Waals surface area contributed by atoms with Gasteiger partial charge in [0.15, 0.2) is 0 Å². The number of esters is 1. The van der Waals surface area contributed by atoms with Crippen LogP contribution >= 0.6 is 27.3 Å². The van der Waals surface area contributed by atoms with E-state index in [0.29, 0.717) is 24.0 Å². The van der Waals surface area contributed by atoms with E-state index in [4.69, 9.17) is 9.47 Å². The van der Waals surface area contributed by atoms with Gasteiger partial charge >= 0.3 is 5.97 Å². The SMILES string of the molecule is CC(C)CN1CCOC(COC(=O)c2ccc(Br)s2)C1. The van der Waals surface area contributed by atoms with E-state index in [1.165, 1.54) is 11.3 Å². The van der Waals surface area contributed by atoms with Gasteiger partial charge in [-0.2, -0.15) is 0 Å². The second-order valence-corrected chi connectivity index (χ2v) is 7.81. The van der Waals surface area contributed by atoms with Crippen LogP contribution in [0.15, 0.2) is 15.9 Å². The largest absolute Gasteiger partial charge is 0.459 e. The maximum Gasteiger partial charge on any atom is 0.348 e. The maximum absolute atomic E-state index is 11.9. The lowest BCUT2D eigenvalue weighted by Crippen LogP contribution is -2.45. The number of carbonyl (C=O) groups is 1. The van der Waals surface area contributed by atoms with E-state index in [2.05, 4.69) is 34.7 Å². The van der Waals surface area contributed by atoms with Gasteiger partial charge in [-0.25, -0.2) is 4.79 Å². The van der Waals surface area contributed by atoms with E-state index >= 15 is 0 Å². The number of morpholine rings is 1. The Labute approximate surface area is 132 Å². The van der Waals surface area contributed by atoms with Crippen molar-refractivity contribution in [1.82, 2.24) is 4.90 Å². The molecule has 2 rings (SSSR count). The molecule has 1 aromatic heterocycles. The summed E-state index contributed by atoms with van der Waals surface area (Å²) in [6.07, 6.45) is -0.0187. The van der Waals surface area contributed by atoms with Crippen LogP contribution in [-0.2, 0) is 9.47 Å². The summed E-state index contributed by atoms with van der Waals surface area (Å²) in [7, 11) is 0. The molecule has 1 saturated heterocycles.